The third-order valence-electron chi connectivity index (χ3n) is 2.43. The smallest absolute Gasteiger partial charge is 0.412 e. The number of aliphatic hydroxyl groups is 1. The topological polar surface area (TPSA) is 67.8 Å². The van der Waals surface area contributed by atoms with Gasteiger partial charge in [0.15, 0.2) is 0 Å². The first kappa shape index (κ1) is 16.3. The zero-order valence-electron chi connectivity index (χ0n) is 12.7. The number of anilines is 1. The van der Waals surface area contributed by atoms with Crippen molar-refractivity contribution in [2.24, 2.45) is 0 Å². The van der Waals surface area contributed by atoms with E-state index in [0.717, 1.165) is 5.56 Å². The second-order valence-corrected chi connectivity index (χ2v) is 5.71. The van der Waals surface area contributed by atoms with Gasteiger partial charge in [0, 0.05) is 0 Å². The number of rotatable bonds is 4. The normalized spacial score (nSPS) is 12.7. The van der Waals surface area contributed by atoms with Crippen LogP contribution in [-0.4, -0.2) is 30.0 Å². The number of hydrogen-bond donors (Lipinski definition) is 2. The zero-order chi connectivity index (χ0) is 15.3. The zero-order valence-corrected chi connectivity index (χ0v) is 12.7. The summed E-state index contributed by atoms with van der Waals surface area (Å²) in [4.78, 5) is 11.8. The van der Waals surface area contributed by atoms with Crippen molar-refractivity contribution in [2.45, 2.75) is 45.8 Å². The molecule has 5 nitrogen and oxygen atoms in total. The van der Waals surface area contributed by atoms with Crippen molar-refractivity contribution in [3.8, 4) is 5.75 Å². The molecule has 1 rings (SSSR count). The molecular formula is C15H23NO4. The Morgan fingerprint density at radius 2 is 2.05 bits per heavy atom. The number of carbonyl (C=O) groups excluding carboxylic acids is 1. The number of carbonyl (C=O) groups is 1. The van der Waals surface area contributed by atoms with Crippen LogP contribution in [0.1, 0.15) is 33.3 Å². The second kappa shape index (κ2) is 6.61. The fraction of sp³-hybridized carbons (Fsp3) is 0.533. The Morgan fingerprint density at radius 3 is 2.55 bits per heavy atom. The van der Waals surface area contributed by atoms with Gasteiger partial charge in [-0.2, -0.15) is 0 Å². The minimum absolute atomic E-state index is 0.447. The van der Waals surface area contributed by atoms with Crippen LogP contribution < -0.4 is 10.1 Å². The van der Waals surface area contributed by atoms with E-state index in [4.69, 9.17) is 9.47 Å². The Balaban J connectivity index is 2.88. The Labute approximate surface area is 119 Å². The van der Waals surface area contributed by atoms with E-state index < -0.39 is 17.8 Å². The van der Waals surface area contributed by atoms with Crippen molar-refractivity contribution >= 4 is 11.8 Å². The van der Waals surface area contributed by atoms with Gasteiger partial charge in [-0.1, -0.05) is 6.07 Å². The molecule has 0 saturated carbocycles. The average Bonchev–Trinajstić information content (AvgIpc) is 2.25. The van der Waals surface area contributed by atoms with Crippen LogP contribution in [-0.2, 0) is 11.2 Å². The number of aliphatic hydroxyl groups excluding tert-OH is 1. The molecule has 1 unspecified atom stereocenters. The molecule has 0 fully saturated rings. The minimum Gasteiger partial charge on any atom is -0.495 e. The molecule has 0 aliphatic heterocycles. The van der Waals surface area contributed by atoms with E-state index in [1.54, 1.807) is 39.8 Å². The van der Waals surface area contributed by atoms with Crippen molar-refractivity contribution in [2.75, 3.05) is 12.4 Å². The Kier molecular flexibility index (Phi) is 5.39. The monoisotopic (exact) mass is 281 g/mol. The van der Waals surface area contributed by atoms with Crippen LogP contribution in [0, 0.1) is 0 Å². The highest BCUT2D eigenvalue weighted by Gasteiger charge is 2.17. The molecule has 1 aromatic rings. The first-order chi connectivity index (χ1) is 9.21. The molecule has 0 aliphatic carbocycles. The summed E-state index contributed by atoms with van der Waals surface area (Å²) in [6.45, 7) is 7.11. The highest BCUT2D eigenvalue weighted by molar-refractivity contribution is 5.87. The lowest BCUT2D eigenvalue weighted by Gasteiger charge is -2.20. The SMILES string of the molecule is COc1ccc(CC(C)O)cc1NC(=O)OC(C)(C)C. The molecule has 1 amide bonds. The third-order valence-corrected chi connectivity index (χ3v) is 2.43. The molecule has 0 spiro atoms. The van der Waals surface area contributed by atoms with Crippen LogP contribution in [0.3, 0.4) is 0 Å². The lowest BCUT2D eigenvalue weighted by Crippen LogP contribution is -2.27. The molecular weight excluding hydrogens is 258 g/mol. The number of nitrogens with one attached hydrogen (secondary N) is 1. The summed E-state index contributed by atoms with van der Waals surface area (Å²) in [6, 6.07) is 5.38. The summed E-state index contributed by atoms with van der Waals surface area (Å²) < 4.78 is 10.4. The van der Waals surface area contributed by atoms with Crippen LogP contribution in [0.2, 0.25) is 0 Å². The lowest BCUT2D eigenvalue weighted by atomic mass is 10.1. The molecule has 0 bridgehead atoms. The highest BCUT2D eigenvalue weighted by atomic mass is 16.6. The number of methoxy groups -OCH3 is 1. The van der Waals surface area contributed by atoms with E-state index in [0.29, 0.717) is 17.9 Å². The van der Waals surface area contributed by atoms with Gasteiger partial charge in [0.2, 0.25) is 0 Å². The Bertz CT molecular complexity index is 463. The standard InChI is InChI=1S/C15H23NO4/c1-10(17)8-11-6-7-13(19-5)12(9-11)16-14(18)20-15(2,3)4/h6-7,9-10,17H,8H2,1-5H3,(H,16,18). The summed E-state index contributed by atoms with van der Waals surface area (Å²) >= 11 is 0. The van der Waals surface area contributed by atoms with E-state index in [1.807, 2.05) is 6.07 Å². The van der Waals surface area contributed by atoms with Crippen LogP contribution in [0.5, 0.6) is 5.75 Å². The predicted octanol–water partition coefficient (Wildman–Crippen LogP) is 2.97. The fourth-order valence-corrected chi connectivity index (χ4v) is 1.73. The maximum Gasteiger partial charge on any atom is 0.412 e. The summed E-state index contributed by atoms with van der Waals surface area (Å²) in [5.74, 6) is 0.546. The largest absolute Gasteiger partial charge is 0.495 e. The fourth-order valence-electron chi connectivity index (χ4n) is 1.73. The van der Waals surface area contributed by atoms with E-state index in [-0.39, 0.29) is 0 Å². The summed E-state index contributed by atoms with van der Waals surface area (Å²) in [6.07, 6.45) is -0.477. The Morgan fingerprint density at radius 1 is 1.40 bits per heavy atom. The average molecular weight is 281 g/mol. The summed E-state index contributed by atoms with van der Waals surface area (Å²) in [5.41, 5.74) is 0.876. The van der Waals surface area contributed by atoms with Gasteiger partial charge in [-0.15, -0.1) is 0 Å². The van der Waals surface area contributed by atoms with Gasteiger partial charge in [0.25, 0.3) is 0 Å². The summed E-state index contributed by atoms with van der Waals surface area (Å²) in [7, 11) is 1.53. The van der Waals surface area contributed by atoms with E-state index >= 15 is 0 Å². The van der Waals surface area contributed by atoms with Crippen LogP contribution in [0.4, 0.5) is 10.5 Å². The van der Waals surface area contributed by atoms with Gasteiger partial charge in [0.1, 0.15) is 11.4 Å². The Hall–Kier alpha value is -1.75. The molecule has 2 N–H and O–H groups in total. The molecule has 20 heavy (non-hydrogen) atoms. The summed E-state index contributed by atoms with van der Waals surface area (Å²) in [5, 5.41) is 12.1. The van der Waals surface area contributed by atoms with E-state index in [2.05, 4.69) is 5.32 Å². The van der Waals surface area contributed by atoms with E-state index in [9.17, 15) is 9.90 Å². The molecule has 0 saturated heterocycles. The van der Waals surface area contributed by atoms with Crippen molar-refractivity contribution in [1.29, 1.82) is 0 Å². The van der Waals surface area contributed by atoms with Gasteiger partial charge in [-0.05, 0) is 51.8 Å². The lowest BCUT2D eigenvalue weighted by molar-refractivity contribution is 0.0635. The van der Waals surface area contributed by atoms with Crippen molar-refractivity contribution in [1.82, 2.24) is 0 Å². The first-order valence-electron chi connectivity index (χ1n) is 6.56. The molecule has 0 heterocycles. The predicted molar refractivity (Wildman–Crippen MR) is 78.2 cm³/mol. The van der Waals surface area contributed by atoms with Gasteiger partial charge >= 0.3 is 6.09 Å². The molecule has 0 aromatic heterocycles. The number of ether oxygens (including phenoxy) is 2. The molecule has 0 radical (unpaired) electrons. The molecule has 5 heteroatoms. The van der Waals surface area contributed by atoms with Crippen molar-refractivity contribution in [3.63, 3.8) is 0 Å². The van der Waals surface area contributed by atoms with E-state index in [1.165, 1.54) is 7.11 Å². The van der Waals surface area contributed by atoms with Crippen molar-refractivity contribution < 1.29 is 19.4 Å². The number of amides is 1. The van der Waals surface area contributed by atoms with Gasteiger partial charge in [0.05, 0.1) is 18.9 Å². The van der Waals surface area contributed by atoms with Crippen LogP contribution in [0.15, 0.2) is 18.2 Å². The van der Waals surface area contributed by atoms with Crippen LogP contribution in [0.25, 0.3) is 0 Å². The second-order valence-electron chi connectivity index (χ2n) is 5.71. The van der Waals surface area contributed by atoms with Gasteiger partial charge in [-0.3, -0.25) is 5.32 Å². The molecule has 112 valence electrons. The molecule has 1 atom stereocenters. The first-order valence-corrected chi connectivity index (χ1v) is 6.56. The van der Waals surface area contributed by atoms with Crippen molar-refractivity contribution in [3.05, 3.63) is 23.8 Å². The van der Waals surface area contributed by atoms with Crippen LogP contribution >= 0.6 is 0 Å². The maximum atomic E-state index is 11.8. The quantitative estimate of drug-likeness (QED) is 0.890. The number of benzene rings is 1. The number of hydrogen-bond acceptors (Lipinski definition) is 4. The third kappa shape index (κ3) is 5.48. The minimum atomic E-state index is -0.561. The maximum absolute atomic E-state index is 11.8. The highest BCUT2D eigenvalue weighted by Crippen LogP contribution is 2.26. The molecule has 0 aliphatic rings. The van der Waals surface area contributed by atoms with Gasteiger partial charge in [-0.25, -0.2) is 4.79 Å². The van der Waals surface area contributed by atoms with Gasteiger partial charge < -0.3 is 14.6 Å². The molecule has 1 aromatic carbocycles.